The molecule has 1 fully saturated rings. The summed E-state index contributed by atoms with van der Waals surface area (Å²) in [5.74, 6) is -0.252. The fourth-order valence-corrected chi connectivity index (χ4v) is 2.59. The van der Waals surface area contributed by atoms with E-state index in [1.54, 1.807) is 17.9 Å². The zero-order chi connectivity index (χ0) is 16.1. The van der Waals surface area contributed by atoms with Crippen LogP contribution in [0.15, 0.2) is 12.7 Å². The SMILES string of the molecule is C=CC[C@]1(C(=O)OCC)CCCN(C(=O)OC(C)(C)C)C1. The number of hydrogen-bond acceptors (Lipinski definition) is 4. The number of esters is 1. The zero-order valence-electron chi connectivity index (χ0n) is 13.6. The number of allylic oxidation sites excluding steroid dienone is 1. The van der Waals surface area contributed by atoms with Gasteiger partial charge in [0.05, 0.1) is 12.0 Å². The summed E-state index contributed by atoms with van der Waals surface area (Å²) in [7, 11) is 0. The normalized spacial score (nSPS) is 22.6. The quantitative estimate of drug-likeness (QED) is 0.591. The summed E-state index contributed by atoms with van der Waals surface area (Å²) in [6.07, 6.45) is 3.31. The van der Waals surface area contributed by atoms with Crippen molar-refractivity contribution in [3.8, 4) is 0 Å². The maximum absolute atomic E-state index is 12.3. The maximum atomic E-state index is 12.3. The first-order valence-corrected chi connectivity index (χ1v) is 7.50. The van der Waals surface area contributed by atoms with Crippen molar-refractivity contribution in [3.05, 3.63) is 12.7 Å². The Morgan fingerprint density at radius 1 is 1.38 bits per heavy atom. The van der Waals surface area contributed by atoms with Gasteiger partial charge in [0.2, 0.25) is 0 Å². The molecule has 5 nitrogen and oxygen atoms in total. The van der Waals surface area contributed by atoms with Crippen LogP contribution in [0.25, 0.3) is 0 Å². The van der Waals surface area contributed by atoms with Crippen LogP contribution in [0.4, 0.5) is 4.79 Å². The van der Waals surface area contributed by atoms with Crippen LogP contribution in [0.1, 0.15) is 47.0 Å². The van der Waals surface area contributed by atoms with Crippen LogP contribution in [0.3, 0.4) is 0 Å². The van der Waals surface area contributed by atoms with Crippen LogP contribution < -0.4 is 0 Å². The highest BCUT2D eigenvalue weighted by Gasteiger charge is 2.44. The number of amides is 1. The molecule has 120 valence electrons. The monoisotopic (exact) mass is 297 g/mol. The molecule has 1 amide bonds. The van der Waals surface area contributed by atoms with E-state index in [4.69, 9.17) is 9.47 Å². The molecule has 1 aliphatic heterocycles. The highest BCUT2D eigenvalue weighted by Crippen LogP contribution is 2.36. The van der Waals surface area contributed by atoms with Crippen molar-refractivity contribution in [2.24, 2.45) is 5.41 Å². The van der Waals surface area contributed by atoms with E-state index in [-0.39, 0.29) is 12.1 Å². The lowest BCUT2D eigenvalue weighted by Gasteiger charge is -2.40. The second kappa shape index (κ2) is 6.96. The van der Waals surface area contributed by atoms with Gasteiger partial charge in [-0.25, -0.2) is 4.79 Å². The average molecular weight is 297 g/mol. The van der Waals surface area contributed by atoms with E-state index in [2.05, 4.69) is 6.58 Å². The van der Waals surface area contributed by atoms with Gasteiger partial charge in [0, 0.05) is 13.1 Å². The van der Waals surface area contributed by atoms with Gasteiger partial charge >= 0.3 is 12.1 Å². The lowest BCUT2D eigenvalue weighted by atomic mass is 9.77. The van der Waals surface area contributed by atoms with Crippen LogP contribution in [0.5, 0.6) is 0 Å². The molecule has 0 saturated carbocycles. The fraction of sp³-hybridized carbons (Fsp3) is 0.750. The van der Waals surface area contributed by atoms with E-state index in [1.165, 1.54) is 0 Å². The minimum absolute atomic E-state index is 0.252. The average Bonchev–Trinajstić information content (AvgIpc) is 2.37. The first kappa shape index (κ1) is 17.5. The van der Waals surface area contributed by atoms with E-state index in [9.17, 15) is 9.59 Å². The molecule has 0 aromatic rings. The molecule has 5 heteroatoms. The number of hydrogen-bond donors (Lipinski definition) is 0. The first-order valence-electron chi connectivity index (χ1n) is 7.50. The van der Waals surface area contributed by atoms with Gasteiger partial charge in [-0.2, -0.15) is 0 Å². The third-order valence-electron chi connectivity index (χ3n) is 3.47. The van der Waals surface area contributed by atoms with Crippen LogP contribution >= 0.6 is 0 Å². The van der Waals surface area contributed by atoms with Gasteiger partial charge in [-0.3, -0.25) is 4.79 Å². The number of ether oxygens (including phenoxy) is 2. The minimum atomic E-state index is -0.688. The van der Waals surface area contributed by atoms with Crippen molar-refractivity contribution >= 4 is 12.1 Å². The van der Waals surface area contributed by atoms with E-state index in [0.717, 1.165) is 6.42 Å². The Hall–Kier alpha value is -1.52. The van der Waals surface area contributed by atoms with Crippen LogP contribution in [-0.2, 0) is 14.3 Å². The van der Waals surface area contributed by atoms with E-state index in [1.807, 2.05) is 20.8 Å². The summed E-state index contributed by atoms with van der Waals surface area (Å²) >= 11 is 0. The van der Waals surface area contributed by atoms with Gasteiger partial charge in [0.1, 0.15) is 5.60 Å². The molecule has 0 aromatic carbocycles. The Morgan fingerprint density at radius 3 is 2.57 bits per heavy atom. The highest BCUT2D eigenvalue weighted by molar-refractivity contribution is 5.79. The third-order valence-corrected chi connectivity index (χ3v) is 3.47. The highest BCUT2D eigenvalue weighted by atomic mass is 16.6. The number of rotatable bonds is 4. The third kappa shape index (κ3) is 4.76. The topological polar surface area (TPSA) is 55.8 Å². The summed E-state index contributed by atoms with van der Waals surface area (Å²) < 4.78 is 10.6. The Bertz CT molecular complexity index is 400. The molecule has 0 bridgehead atoms. The number of piperidine rings is 1. The van der Waals surface area contributed by atoms with Crippen LogP contribution in [0, 0.1) is 5.41 Å². The van der Waals surface area contributed by atoms with Crippen LogP contribution in [0.2, 0.25) is 0 Å². The summed E-state index contributed by atoms with van der Waals surface area (Å²) in [6, 6.07) is 0. The van der Waals surface area contributed by atoms with Gasteiger partial charge in [0.25, 0.3) is 0 Å². The van der Waals surface area contributed by atoms with E-state index in [0.29, 0.717) is 32.5 Å². The van der Waals surface area contributed by atoms with Gasteiger partial charge in [0.15, 0.2) is 0 Å². The molecule has 0 unspecified atom stereocenters. The van der Waals surface area contributed by atoms with Crippen molar-refractivity contribution in [1.82, 2.24) is 4.90 Å². The Labute approximate surface area is 127 Å². The lowest BCUT2D eigenvalue weighted by Crippen LogP contribution is -2.51. The molecule has 0 N–H and O–H groups in total. The molecule has 1 atom stereocenters. The summed E-state index contributed by atoms with van der Waals surface area (Å²) in [5.41, 5.74) is -1.23. The molecule has 1 aliphatic rings. The number of likely N-dealkylation sites (tertiary alicyclic amines) is 1. The molecule has 1 heterocycles. The molecule has 0 aromatic heterocycles. The first-order chi connectivity index (χ1) is 9.74. The van der Waals surface area contributed by atoms with Crippen molar-refractivity contribution in [3.63, 3.8) is 0 Å². The molecule has 0 aliphatic carbocycles. The van der Waals surface area contributed by atoms with Crippen LogP contribution in [-0.4, -0.2) is 42.3 Å². The number of carbonyl (C=O) groups is 2. The molecular formula is C16H27NO4. The van der Waals surface area contributed by atoms with E-state index < -0.39 is 11.0 Å². The molecule has 21 heavy (non-hydrogen) atoms. The fourth-order valence-electron chi connectivity index (χ4n) is 2.59. The lowest BCUT2D eigenvalue weighted by molar-refractivity contribution is -0.158. The van der Waals surface area contributed by atoms with Crippen molar-refractivity contribution in [1.29, 1.82) is 0 Å². The summed E-state index contributed by atoms with van der Waals surface area (Å²) in [5, 5.41) is 0. The molecule has 1 saturated heterocycles. The van der Waals surface area contributed by atoms with Crippen molar-refractivity contribution in [2.45, 2.75) is 52.6 Å². The molecule has 1 rings (SSSR count). The van der Waals surface area contributed by atoms with Crippen molar-refractivity contribution < 1.29 is 19.1 Å². The van der Waals surface area contributed by atoms with E-state index >= 15 is 0 Å². The molecule has 0 radical (unpaired) electrons. The number of carbonyl (C=O) groups excluding carboxylic acids is 2. The van der Waals surface area contributed by atoms with Gasteiger partial charge in [-0.1, -0.05) is 6.08 Å². The Morgan fingerprint density at radius 2 is 2.05 bits per heavy atom. The smallest absolute Gasteiger partial charge is 0.410 e. The Kier molecular flexibility index (Phi) is 5.81. The summed E-state index contributed by atoms with van der Waals surface area (Å²) in [6.45, 7) is 12.3. The zero-order valence-corrected chi connectivity index (χ0v) is 13.6. The van der Waals surface area contributed by atoms with Gasteiger partial charge < -0.3 is 14.4 Å². The van der Waals surface area contributed by atoms with Gasteiger partial charge in [-0.15, -0.1) is 6.58 Å². The van der Waals surface area contributed by atoms with Gasteiger partial charge in [-0.05, 0) is 47.0 Å². The maximum Gasteiger partial charge on any atom is 0.410 e. The standard InChI is InChI=1S/C16H27NO4/c1-6-9-16(13(18)20-7-2)10-8-11-17(12-16)14(19)21-15(3,4)5/h6H,1,7-12H2,2-5H3/t16-/m0/s1. The predicted octanol–water partition coefficient (Wildman–Crippen LogP) is 3.14. The minimum Gasteiger partial charge on any atom is -0.466 e. The molecular weight excluding hydrogens is 270 g/mol. The molecule has 0 spiro atoms. The second-order valence-electron chi connectivity index (χ2n) is 6.50. The largest absolute Gasteiger partial charge is 0.466 e. The number of nitrogens with zero attached hydrogens (tertiary/aromatic N) is 1. The predicted molar refractivity (Wildman–Crippen MR) is 80.9 cm³/mol. The summed E-state index contributed by atoms with van der Waals surface area (Å²) in [4.78, 5) is 26.1. The second-order valence-corrected chi connectivity index (χ2v) is 6.50. The Balaban J connectivity index is 2.85. The van der Waals surface area contributed by atoms with Crippen molar-refractivity contribution in [2.75, 3.05) is 19.7 Å².